The molecular formula is C20H16N2O3S2. The van der Waals surface area contributed by atoms with Gasteiger partial charge >= 0.3 is 5.97 Å². The Balaban J connectivity index is 1.73. The number of nitrogens with one attached hydrogen (secondary N) is 2. The summed E-state index contributed by atoms with van der Waals surface area (Å²) in [5.41, 5.74) is 1.46. The molecule has 5 nitrogen and oxygen atoms in total. The summed E-state index contributed by atoms with van der Waals surface area (Å²) in [7, 11) is 0. The number of carbonyl (C=O) groups excluding carboxylic acids is 1. The molecule has 0 bridgehead atoms. The number of hydrogen-bond donors (Lipinski definition) is 3. The highest BCUT2D eigenvalue weighted by molar-refractivity contribution is 7.99. The molecule has 0 radical (unpaired) electrons. The Morgan fingerprint density at radius 2 is 1.89 bits per heavy atom. The van der Waals surface area contributed by atoms with Crippen molar-refractivity contribution in [2.45, 2.75) is 16.3 Å². The Labute approximate surface area is 164 Å². The second kappa shape index (κ2) is 8.66. The van der Waals surface area contributed by atoms with Gasteiger partial charge in [0.1, 0.15) is 4.88 Å². The largest absolute Gasteiger partial charge is 0.477 e. The van der Waals surface area contributed by atoms with Crippen molar-refractivity contribution in [3.05, 3.63) is 81.5 Å². The van der Waals surface area contributed by atoms with Crippen molar-refractivity contribution >= 4 is 41.2 Å². The van der Waals surface area contributed by atoms with Gasteiger partial charge in [-0.3, -0.25) is 4.79 Å². The molecule has 1 aromatic heterocycles. The minimum absolute atomic E-state index is 0.127. The fourth-order valence-electron chi connectivity index (χ4n) is 2.49. The van der Waals surface area contributed by atoms with E-state index in [4.69, 9.17) is 10.5 Å². The fourth-order valence-corrected chi connectivity index (χ4v) is 4.14. The van der Waals surface area contributed by atoms with Gasteiger partial charge in [-0.1, -0.05) is 30.0 Å². The number of benzene rings is 2. The van der Waals surface area contributed by atoms with Crippen LogP contribution >= 0.6 is 23.1 Å². The van der Waals surface area contributed by atoms with Gasteiger partial charge in [-0.05, 0) is 47.3 Å². The van der Waals surface area contributed by atoms with Crippen molar-refractivity contribution < 1.29 is 14.7 Å². The van der Waals surface area contributed by atoms with E-state index in [9.17, 15) is 9.59 Å². The number of carbonyl (C=O) groups is 2. The van der Waals surface area contributed by atoms with Crippen LogP contribution in [0.15, 0.2) is 69.8 Å². The Morgan fingerprint density at radius 3 is 2.59 bits per heavy atom. The van der Waals surface area contributed by atoms with Crippen LogP contribution in [0.1, 0.15) is 31.2 Å². The number of carboxylic acids is 1. The molecule has 1 amide bonds. The van der Waals surface area contributed by atoms with Gasteiger partial charge in [0.2, 0.25) is 0 Å². The second-order valence-electron chi connectivity index (χ2n) is 5.57. The molecule has 0 aliphatic rings. The van der Waals surface area contributed by atoms with Crippen LogP contribution in [0.2, 0.25) is 0 Å². The SMILES string of the molecule is N=Cc1cc(Sc2ccccc2)ccc1C(=O)NCc1ccsc1C(=O)O. The smallest absolute Gasteiger partial charge is 0.346 e. The zero-order valence-corrected chi connectivity index (χ0v) is 15.8. The molecule has 136 valence electrons. The van der Waals surface area contributed by atoms with E-state index < -0.39 is 5.97 Å². The predicted molar refractivity (Wildman–Crippen MR) is 107 cm³/mol. The molecule has 0 fully saturated rings. The molecule has 0 unspecified atom stereocenters. The molecule has 0 atom stereocenters. The number of carboxylic acid groups (broad SMARTS) is 1. The van der Waals surface area contributed by atoms with E-state index in [2.05, 4.69) is 5.32 Å². The van der Waals surface area contributed by atoms with E-state index in [1.54, 1.807) is 35.3 Å². The summed E-state index contributed by atoms with van der Waals surface area (Å²) in [5, 5.41) is 21.2. The van der Waals surface area contributed by atoms with E-state index in [0.29, 0.717) is 16.7 Å². The lowest BCUT2D eigenvalue weighted by molar-refractivity contribution is 0.0700. The average molecular weight is 396 g/mol. The van der Waals surface area contributed by atoms with Gasteiger partial charge in [-0.2, -0.15) is 0 Å². The predicted octanol–water partition coefficient (Wildman–Crippen LogP) is 4.53. The summed E-state index contributed by atoms with van der Waals surface area (Å²) in [5.74, 6) is -1.34. The van der Waals surface area contributed by atoms with Gasteiger partial charge in [0.25, 0.3) is 5.91 Å². The van der Waals surface area contributed by atoms with Gasteiger partial charge in [0.15, 0.2) is 0 Å². The highest BCUT2D eigenvalue weighted by atomic mass is 32.2. The Bertz CT molecular complexity index is 984. The highest BCUT2D eigenvalue weighted by Gasteiger charge is 2.15. The van der Waals surface area contributed by atoms with Gasteiger partial charge in [-0.25, -0.2) is 4.79 Å². The fraction of sp³-hybridized carbons (Fsp3) is 0.0500. The topological polar surface area (TPSA) is 90.3 Å². The average Bonchev–Trinajstić information content (AvgIpc) is 3.16. The van der Waals surface area contributed by atoms with E-state index in [1.807, 2.05) is 36.4 Å². The summed E-state index contributed by atoms with van der Waals surface area (Å²) in [6, 6.07) is 16.9. The molecule has 0 saturated carbocycles. The van der Waals surface area contributed by atoms with E-state index in [1.165, 1.54) is 0 Å². The molecule has 0 aliphatic carbocycles. The van der Waals surface area contributed by atoms with Crippen LogP contribution in [0.3, 0.4) is 0 Å². The molecule has 0 saturated heterocycles. The molecule has 0 aliphatic heterocycles. The lowest BCUT2D eigenvalue weighted by Crippen LogP contribution is -2.24. The zero-order chi connectivity index (χ0) is 19.2. The van der Waals surface area contributed by atoms with Crippen molar-refractivity contribution in [2.75, 3.05) is 0 Å². The summed E-state index contributed by atoms with van der Waals surface area (Å²) >= 11 is 2.68. The van der Waals surface area contributed by atoms with E-state index in [-0.39, 0.29) is 17.3 Å². The van der Waals surface area contributed by atoms with Crippen molar-refractivity contribution in [1.29, 1.82) is 5.41 Å². The van der Waals surface area contributed by atoms with Crippen LogP contribution in [0, 0.1) is 5.41 Å². The number of thiophene rings is 1. The minimum atomic E-state index is -1.00. The van der Waals surface area contributed by atoms with Crippen molar-refractivity contribution in [3.8, 4) is 0 Å². The molecule has 3 rings (SSSR count). The summed E-state index contributed by atoms with van der Waals surface area (Å²) in [4.78, 5) is 25.9. The van der Waals surface area contributed by atoms with Crippen LogP contribution in [-0.2, 0) is 6.54 Å². The number of hydrogen-bond acceptors (Lipinski definition) is 5. The molecule has 3 N–H and O–H groups in total. The first-order valence-electron chi connectivity index (χ1n) is 8.04. The molecule has 7 heteroatoms. The second-order valence-corrected chi connectivity index (χ2v) is 7.63. The van der Waals surface area contributed by atoms with Crippen LogP contribution in [0.4, 0.5) is 0 Å². The van der Waals surface area contributed by atoms with Gasteiger partial charge in [0, 0.05) is 33.7 Å². The normalized spacial score (nSPS) is 10.4. The quantitative estimate of drug-likeness (QED) is 0.512. The number of amides is 1. The zero-order valence-electron chi connectivity index (χ0n) is 14.1. The van der Waals surface area contributed by atoms with Gasteiger partial charge < -0.3 is 15.8 Å². The molecular weight excluding hydrogens is 380 g/mol. The van der Waals surface area contributed by atoms with Gasteiger partial charge in [0.05, 0.1) is 0 Å². The minimum Gasteiger partial charge on any atom is -0.477 e. The van der Waals surface area contributed by atoms with Crippen LogP contribution in [-0.4, -0.2) is 23.2 Å². The van der Waals surface area contributed by atoms with E-state index >= 15 is 0 Å². The Kier molecular flexibility index (Phi) is 6.05. The molecule has 27 heavy (non-hydrogen) atoms. The van der Waals surface area contributed by atoms with Crippen molar-refractivity contribution in [2.24, 2.45) is 0 Å². The maximum Gasteiger partial charge on any atom is 0.346 e. The number of aromatic carboxylic acids is 1. The first kappa shape index (κ1) is 18.9. The number of rotatable bonds is 7. The standard InChI is InChI=1S/C20H16N2O3S2/c21-11-14-10-16(27-15-4-2-1-3-5-15)6-7-17(14)19(23)22-12-13-8-9-26-18(13)20(24)25/h1-11,21H,12H2,(H,22,23)(H,24,25). The highest BCUT2D eigenvalue weighted by Crippen LogP contribution is 2.28. The first-order chi connectivity index (χ1) is 13.1. The third kappa shape index (κ3) is 4.64. The maximum atomic E-state index is 12.5. The monoisotopic (exact) mass is 396 g/mol. The lowest BCUT2D eigenvalue weighted by Gasteiger charge is -2.09. The summed E-state index contributed by atoms with van der Waals surface area (Å²) in [6.07, 6.45) is 1.15. The third-order valence-corrected chi connectivity index (χ3v) is 5.72. The van der Waals surface area contributed by atoms with Crippen LogP contribution in [0.5, 0.6) is 0 Å². The molecule has 1 heterocycles. The molecule has 3 aromatic rings. The lowest BCUT2D eigenvalue weighted by atomic mass is 10.1. The Hall–Kier alpha value is -2.90. The van der Waals surface area contributed by atoms with E-state index in [0.717, 1.165) is 27.3 Å². The van der Waals surface area contributed by atoms with Gasteiger partial charge in [-0.15, -0.1) is 11.3 Å². The summed E-state index contributed by atoms with van der Waals surface area (Å²) in [6.45, 7) is 0.127. The maximum absolute atomic E-state index is 12.5. The van der Waals surface area contributed by atoms with Crippen molar-refractivity contribution in [3.63, 3.8) is 0 Å². The Morgan fingerprint density at radius 1 is 1.11 bits per heavy atom. The van der Waals surface area contributed by atoms with Crippen LogP contribution in [0.25, 0.3) is 0 Å². The third-order valence-electron chi connectivity index (χ3n) is 3.78. The molecule has 2 aromatic carbocycles. The first-order valence-corrected chi connectivity index (χ1v) is 9.73. The van der Waals surface area contributed by atoms with Crippen LogP contribution < -0.4 is 5.32 Å². The summed E-state index contributed by atoms with van der Waals surface area (Å²) < 4.78 is 0. The van der Waals surface area contributed by atoms with Crippen molar-refractivity contribution in [1.82, 2.24) is 5.32 Å². The molecule has 0 spiro atoms.